The zero-order chi connectivity index (χ0) is 25.2. The van der Waals surface area contributed by atoms with Gasteiger partial charge in [0.15, 0.2) is 11.3 Å². The molecule has 1 aliphatic heterocycles. The number of hydrogen-bond acceptors (Lipinski definition) is 8. The summed E-state index contributed by atoms with van der Waals surface area (Å²) < 4.78 is 10.7. The number of nitrogens with zero attached hydrogens (tertiary/aromatic N) is 2. The normalized spacial score (nSPS) is 43.9. The fourth-order valence-corrected chi connectivity index (χ4v) is 8.87. The van der Waals surface area contributed by atoms with E-state index in [0.29, 0.717) is 23.5 Å². The highest BCUT2D eigenvalue weighted by atomic mass is 16.7. The Morgan fingerprint density at radius 2 is 1.91 bits per heavy atom. The van der Waals surface area contributed by atoms with E-state index in [0.717, 1.165) is 50.7 Å². The summed E-state index contributed by atoms with van der Waals surface area (Å²) >= 11 is 0. The third-order valence-corrected chi connectivity index (χ3v) is 10.4. The Morgan fingerprint density at radius 1 is 1.14 bits per heavy atom. The molecule has 8 atom stereocenters. The number of hydrogen-bond donors (Lipinski definition) is 0. The Morgan fingerprint density at radius 3 is 2.60 bits per heavy atom. The molecule has 0 spiro atoms. The van der Waals surface area contributed by atoms with Gasteiger partial charge in [-0.15, -0.1) is 0 Å². The van der Waals surface area contributed by atoms with Gasteiger partial charge in [0.1, 0.15) is 18.9 Å². The van der Waals surface area contributed by atoms with E-state index < -0.39 is 11.6 Å². The van der Waals surface area contributed by atoms with E-state index in [9.17, 15) is 9.59 Å². The second-order valence-corrected chi connectivity index (χ2v) is 11.6. The van der Waals surface area contributed by atoms with Gasteiger partial charge in [-0.25, -0.2) is 4.79 Å². The Bertz CT molecular complexity index is 1020. The number of esters is 2. The Balaban J connectivity index is 1.51. The van der Waals surface area contributed by atoms with Crippen molar-refractivity contribution in [2.45, 2.75) is 84.3 Å². The monoisotopic (exact) mass is 486 g/mol. The molecule has 35 heavy (non-hydrogen) atoms. The van der Waals surface area contributed by atoms with E-state index in [1.165, 1.54) is 26.7 Å². The third kappa shape index (κ3) is 3.23. The number of carbonyl (C=O) groups is 2. The lowest BCUT2D eigenvalue weighted by atomic mass is 9.46. The van der Waals surface area contributed by atoms with Crippen molar-refractivity contribution in [1.82, 2.24) is 0 Å². The molecule has 3 fully saturated rings. The largest absolute Gasteiger partial charge is 0.464 e. The molecule has 0 aromatic heterocycles. The van der Waals surface area contributed by atoms with E-state index >= 15 is 0 Å². The minimum atomic E-state index is -0.806. The van der Waals surface area contributed by atoms with Gasteiger partial charge in [0.2, 0.25) is 0 Å². The zero-order valence-electron chi connectivity index (χ0n) is 21.8. The van der Waals surface area contributed by atoms with Crippen LogP contribution < -0.4 is 0 Å². The van der Waals surface area contributed by atoms with Gasteiger partial charge in [0, 0.05) is 18.8 Å². The predicted octanol–water partition coefficient (Wildman–Crippen LogP) is 4.43. The van der Waals surface area contributed by atoms with Gasteiger partial charge in [-0.1, -0.05) is 35.8 Å². The van der Waals surface area contributed by atoms with Crippen LogP contribution in [0.15, 0.2) is 22.0 Å². The van der Waals surface area contributed by atoms with Crippen LogP contribution in [0.2, 0.25) is 0 Å². The molecular formula is C27H38N2O6. The van der Waals surface area contributed by atoms with Crippen LogP contribution in [-0.4, -0.2) is 49.3 Å². The van der Waals surface area contributed by atoms with Crippen LogP contribution in [0.4, 0.5) is 0 Å². The van der Waals surface area contributed by atoms with Crippen LogP contribution >= 0.6 is 0 Å². The van der Waals surface area contributed by atoms with E-state index in [4.69, 9.17) is 19.1 Å². The molecule has 1 heterocycles. The van der Waals surface area contributed by atoms with Crippen molar-refractivity contribution in [3.8, 4) is 0 Å². The molecule has 0 bridgehead atoms. The average molecular weight is 487 g/mol. The van der Waals surface area contributed by atoms with E-state index in [2.05, 4.69) is 30.2 Å². The molecule has 5 aliphatic rings. The van der Waals surface area contributed by atoms with Crippen molar-refractivity contribution in [2.24, 2.45) is 44.8 Å². The quantitative estimate of drug-likeness (QED) is 0.253. The standard InChI is InChI=1S/C27H38N2O6/c1-15(28-33-6)27-22(23(29-35-27)24(31)32-5)14-21-19-8-7-17-13-18(34-16(2)30)9-11-25(17,3)20(19)10-12-26(21,27)4/h7,18-22H,8-14H2,1-6H3/b28-15-/t18-,19-,20+,21-,22+,25+,26+,27+/m1/s1. The van der Waals surface area contributed by atoms with E-state index in [1.54, 1.807) is 0 Å². The molecule has 0 saturated heterocycles. The zero-order valence-corrected chi connectivity index (χ0v) is 21.8. The molecule has 0 radical (unpaired) electrons. The molecule has 3 saturated carbocycles. The van der Waals surface area contributed by atoms with E-state index in [1.807, 2.05) is 6.92 Å². The molecule has 4 aliphatic carbocycles. The lowest BCUT2D eigenvalue weighted by Gasteiger charge is -2.58. The van der Waals surface area contributed by atoms with Gasteiger partial charge in [-0.3, -0.25) is 4.79 Å². The fourth-order valence-electron chi connectivity index (χ4n) is 8.87. The molecule has 8 nitrogen and oxygen atoms in total. The first-order valence-corrected chi connectivity index (χ1v) is 12.9. The first kappa shape index (κ1) is 24.3. The number of rotatable bonds is 4. The second-order valence-electron chi connectivity index (χ2n) is 11.6. The summed E-state index contributed by atoms with van der Waals surface area (Å²) in [5.74, 6) is 0.550. The number of carbonyl (C=O) groups excluding carboxylic acids is 2. The van der Waals surface area contributed by atoms with Crippen LogP contribution in [-0.2, 0) is 28.7 Å². The minimum Gasteiger partial charge on any atom is -0.464 e. The van der Waals surface area contributed by atoms with Crippen LogP contribution in [0.5, 0.6) is 0 Å². The summed E-state index contributed by atoms with van der Waals surface area (Å²) in [6, 6.07) is 0. The van der Waals surface area contributed by atoms with Gasteiger partial charge >= 0.3 is 11.9 Å². The first-order chi connectivity index (χ1) is 16.6. The fraction of sp³-hybridized carbons (Fsp3) is 0.778. The van der Waals surface area contributed by atoms with Gasteiger partial charge in [-0.2, -0.15) is 0 Å². The molecule has 0 amide bonds. The number of ether oxygens (including phenoxy) is 2. The Labute approximate surface area is 207 Å². The summed E-state index contributed by atoms with van der Waals surface area (Å²) in [6.45, 7) is 8.15. The van der Waals surface area contributed by atoms with Crippen molar-refractivity contribution in [1.29, 1.82) is 0 Å². The maximum Gasteiger partial charge on any atom is 0.356 e. The number of methoxy groups -OCH3 is 1. The number of oxime groups is 2. The van der Waals surface area contributed by atoms with E-state index in [-0.39, 0.29) is 28.8 Å². The van der Waals surface area contributed by atoms with Crippen molar-refractivity contribution in [3.63, 3.8) is 0 Å². The minimum absolute atomic E-state index is 0.00790. The first-order valence-electron chi connectivity index (χ1n) is 12.9. The maximum absolute atomic E-state index is 12.7. The summed E-state index contributed by atoms with van der Waals surface area (Å²) in [6.07, 6.45) is 9.06. The van der Waals surface area contributed by atoms with Gasteiger partial charge in [0.25, 0.3) is 0 Å². The smallest absolute Gasteiger partial charge is 0.356 e. The highest BCUT2D eigenvalue weighted by Crippen LogP contribution is 2.70. The highest BCUT2D eigenvalue weighted by molar-refractivity contribution is 6.38. The van der Waals surface area contributed by atoms with Crippen LogP contribution in [0.1, 0.15) is 72.6 Å². The lowest BCUT2D eigenvalue weighted by molar-refractivity contribution is -0.149. The lowest BCUT2D eigenvalue weighted by Crippen LogP contribution is -2.59. The van der Waals surface area contributed by atoms with Crippen LogP contribution in [0, 0.1) is 34.5 Å². The summed E-state index contributed by atoms with van der Waals surface area (Å²) in [5, 5.41) is 8.59. The molecular weight excluding hydrogens is 448 g/mol. The molecule has 0 unspecified atom stereocenters. The SMILES string of the molecule is CO/N=C(/C)[C@]12ON=C(C(=O)OC)[C@@H]1C[C@@H]1[C@@H]3CC=C4C[C@H](OC(C)=O)CC[C@]4(C)[C@H]3CC[C@@]12C. The van der Waals surface area contributed by atoms with Crippen molar-refractivity contribution >= 4 is 23.4 Å². The Kier molecular flexibility index (Phi) is 5.80. The van der Waals surface area contributed by atoms with Crippen molar-refractivity contribution < 1.29 is 28.7 Å². The molecule has 8 heteroatoms. The molecule has 5 rings (SSSR count). The summed E-state index contributed by atoms with van der Waals surface area (Å²) in [5.41, 5.74) is 1.63. The number of allylic oxidation sites excluding steroid dienone is 1. The number of fused-ring (bicyclic) bond motifs is 7. The second kappa shape index (κ2) is 8.34. The molecule has 0 N–H and O–H groups in total. The molecule has 192 valence electrons. The topological polar surface area (TPSA) is 95.8 Å². The summed E-state index contributed by atoms with van der Waals surface area (Å²) in [4.78, 5) is 35.7. The third-order valence-electron chi connectivity index (χ3n) is 10.4. The van der Waals surface area contributed by atoms with Crippen LogP contribution in [0.3, 0.4) is 0 Å². The molecule has 0 aromatic rings. The van der Waals surface area contributed by atoms with Gasteiger partial charge < -0.3 is 19.1 Å². The van der Waals surface area contributed by atoms with Crippen molar-refractivity contribution in [3.05, 3.63) is 11.6 Å². The average Bonchev–Trinajstić information content (AvgIpc) is 3.32. The van der Waals surface area contributed by atoms with Crippen LogP contribution in [0.25, 0.3) is 0 Å². The summed E-state index contributed by atoms with van der Waals surface area (Å²) in [7, 11) is 2.93. The maximum atomic E-state index is 12.7. The van der Waals surface area contributed by atoms with Gasteiger partial charge in [-0.05, 0) is 68.6 Å². The predicted molar refractivity (Wildman–Crippen MR) is 130 cm³/mol. The highest BCUT2D eigenvalue weighted by Gasteiger charge is 2.74. The van der Waals surface area contributed by atoms with Crippen molar-refractivity contribution in [2.75, 3.05) is 14.2 Å². The molecule has 0 aromatic carbocycles. The van der Waals surface area contributed by atoms with Gasteiger partial charge in [0.05, 0.1) is 13.0 Å². The Hall–Kier alpha value is -2.38.